The molecule has 0 spiro atoms. The summed E-state index contributed by atoms with van der Waals surface area (Å²) in [5, 5.41) is 3.80. The molecule has 0 radical (unpaired) electrons. The Kier molecular flexibility index (Phi) is 4.79. The van der Waals surface area contributed by atoms with Gasteiger partial charge in [-0.2, -0.15) is 4.39 Å². The fourth-order valence-electron chi connectivity index (χ4n) is 3.05. The summed E-state index contributed by atoms with van der Waals surface area (Å²) >= 11 is 0. The molecule has 1 aliphatic carbocycles. The van der Waals surface area contributed by atoms with Gasteiger partial charge in [0.05, 0.1) is 6.04 Å². The van der Waals surface area contributed by atoms with Crippen molar-refractivity contribution >= 4 is 11.8 Å². The van der Waals surface area contributed by atoms with Crippen LogP contribution in [0.1, 0.15) is 55.2 Å². The van der Waals surface area contributed by atoms with E-state index in [0.717, 1.165) is 18.1 Å². The van der Waals surface area contributed by atoms with Crippen molar-refractivity contribution in [2.45, 2.75) is 39.2 Å². The van der Waals surface area contributed by atoms with E-state index in [4.69, 9.17) is 4.74 Å². The lowest BCUT2D eigenvalue weighted by atomic mass is 10.1. The highest BCUT2D eigenvalue weighted by molar-refractivity contribution is 5.95. The van der Waals surface area contributed by atoms with Crippen molar-refractivity contribution < 1.29 is 18.7 Å². The standard InChI is InChI=1S/C19H19FN2O3/c1-12(14-7-4-3-5-8-14)22-16(11-18(20)21-22)19(24)25-17-10-6-9-15(17)13(2)23/h3-5,7-8,11-12H,6,9-10H2,1-2H3/t12-/m1/s1. The van der Waals surface area contributed by atoms with Crippen molar-refractivity contribution in [2.24, 2.45) is 0 Å². The largest absolute Gasteiger partial charge is 0.426 e. The minimum Gasteiger partial charge on any atom is -0.426 e. The number of carbonyl (C=O) groups excluding carboxylic acids is 2. The third-order valence-corrected chi connectivity index (χ3v) is 4.37. The fraction of sp³-hybridized carbons (Fsp3) is 0.316. The topological polar surface area (TPSA) is 61.2 Å². The van der Waals surface area contributed by atoms with Crippen LogP contribution in [0.25, 0.3) is 0 Å². The SMILES string of the molecule is CC(=O)C1=C(OC(=O)c2cc(F)nn2[C@H](C)c2ccccc2)CCC1. The van der Waals surface area contributed by atoms with Gasteiger partial charge in [-0.05, 0) is 32.3 Å². The van der Waals surface area contributed by atoms with Crippen molar-refractivity contribution in [2.75, 3.05) is 0 Å². The first-order valence-electron chi connectivity index (χ1n) is 8.22. The maximum atomic E-state index is 13.7. The third-order valence-electron chi connectivity index (χ3n) is 4.37. The van der Waals surface area contributed by atoms with Gasteiger partial charge in [-0.3, -0.25) is 4.79 Å². The number of ether oxygens (including phenoxy) is 1. The average molecular weight is 342 g/mol. The van der Waals surface area contributed by atoms with Gasteiger partial charge in [-0.1, -0.05) is 30.3 Å². The summed E-state index contributed by atoms with van der Waals surface area (Å²) in [5.74, 6) is -1.16. The molecular weight excluding hydrogens is 323 g/mol. The van der Waals surface area contributed by atoms with Gasteiger partial charge in [0, 0.05) is 18.1 Å². The Morgan fingerprint density at radius 2 is 1.96 bits per heavy atom. The minimum absolute atomic E-state index is 0.0242. The highest BCUT2D eigenvalue weighted by Gasteiger charge is 2.26. The van der Waals surface area contributed by atoms with Gasteiger partial charge >= 0.3 is 5.97 Å². The molecule has 3 rings (SSSR count). The molecule has 0 saturated heterocycles. The first-order valence-corrected chi connectivity index (χ1v) is 8.22. The van der Waals surface area contributed by atoms with Crippen molar-refractivity contribution in [3.8, 4) is 0 Å². The maximum absolute atomic E-state index is 13.7. The van der Waals surface area contributed by atoms with Crippen LogP contribution in [0, 0.1) is 5.95 Å². The molecule has 0 saturated carbocycles. The maximum Gasteiger partial charge on any atom is 0.361 e. The Morgan fingerprint density at radius 1 is 1.24 bits per heavy atom. The number of hydrogen-bond acceptors (Lipinski definition) is 4. The minimum atomic E-state index is -0.748. The molecule has 0 aliphatic heterocycles. The molecule has 0 fully saturated rings. The van der Waals surface area contributed by atoms with Crippen LogP contribution in [0.4, 0.5) is 4.39 Å². The Balaban J connectivity index is 1.89. The van der Waals surface area contributed by atoms with Crippen molar-refractivity contribution in [3.63, 3.8) is 0 Å². The molecule has 1 atom stereocenters. The molecular formula is C19H19FN2O3. The van der Waals surface area contributed by atoms with Gasteiger partial charge in [-0.15, -0.1) is 5.10 Å². The van der Waals surface area contributed by atoms with E-state index in [1.165, 1.54) is 11.6 Å². The van der Waals surface area contributed by atoms with Crippen LogP contribution in [-0.2, 0) is 9.53 Å². The average Bonchev–Trinajstić information content (AvgIpc) is 3.21. The molecule has 130 valence electrons. The Bertz CT molecular complexity index is 840. The number of esters is 1. The van der Waals surface area contributed by atoms with Gasteiger partial charge in [0.25, 0.3) is 0 Å². The number of allylic oxidation sites excluding steroid dienone is 2. The van der Waals surface area contributed by atoms with Gasteiger partial charge in [0.15, 0.2) is 11.5 Å². The second-order valence-electron chi connectivity index (χ2n) is 6.08. The number of rotatable bonds is 5. The predicted octanol–water partition coefficient (Wildman–Crippen LogP) is 3.82. The first-order chi connectivity index (χ1) is 12.0. The highest BCUT2D eigenvalue weighted by atomic mass is 19.1. The smallest absolute Gasteiger partial charge is 0.361 e. The van der Waals surface area contributed by atoms with Gasteiger partial charge in [-0.25, -0.2) is 9.48 Å². The number of Topliss-reactive ketones (excluding diaryl/α,β-unsaturated/α-hetero) is 1. The van der Waals surface area contributed by atoms with Gasteiger partial charge < -0.3 is 4.74 Å². The summed E-state index contributed by atoms with van der Waals surface area (Å²) in [6.45, 7) is 3.28. The summed E-state index contributed by atoms with van der Waals surface area (Å²) < 4.78 is 20.5. The molecule has 0 amide bonds. The molecule has 6 heteroatoms. The van der Waals surface area contributed by atoms with Crippen LogP contribution in [0.2, 0.25) is 0 Å². The Hall–Kier alpha value is -2.76. The Labute approximate surface area is 145 Å². The van der Waals surface area contributed by atoms with E-state index in [1.807, 2.05) is 37.3 Å². The predicted molar refractivity (Wildman–Crippen MR) is 89.4 cm³/mol. The second kappa shape index (κ2) is 7.01. The first kappa shape index (κ1) is 17.1. The fourth-order valence-corrected chi connectivity index (χ4v) is 3.05. The van der Waals surface area contributed by atoms with Crippen LogP contribution in [-0.4, -0.2) is 21.5 Å². The van der Waals surface area contributed by atoms with E-state index in [1.54, 1.807) is 0 Å². The summed E-state index contributed by atoms with van der Waals surface area (Å²) in [4.78, 5) is 24.2. The van der Waals surface area contributed by atoms with E-state index in [-0.39, 0.29) is 17.5 Å². The number of halogens is 1. The van der Waals surface area contributed by atoms with E-state index in [0.29, 0.717) is 24.2 Å². The zero-order valence-electron chi connectivity index (χ0n) is 14.2. The molecule has 0 bridgehead atoms. The molecule has 2 aromatic rings. The quantitative estimate of drug-likeness (QED) is 0.775. The number of carbonyl (C=O) groups is 2. The number of nitrogens with zero attached hydrogens (tertiary/aromatic N) is 2. The van der Waals surface area contributed by atoms with Crippen molar-refractivity contribution in [1.29, 1.82) is 0 Å². The van der Waals surface area contributed by atoms with E-state index in [9.17, 15) is 14.0 Å². The van der Waals surface area contributed by atoms with Crippen LogP contribution in [0.5, 0.6) is 0 Å². The number of aromatic nitrogens is 2. The lowest BCUT2D eigenvalue weighted by Gasteiger charge is -2.15. The Morgan fingerprint density at radius 3 is 2.64 bits per heavy atom. The van der Waals surface area contributed by atoms with Crippen LogP contribution >= 0.6 is 0 Å². The number of hydrogen-bond donors (Lipinski definition) is 0. The molecule has 1 aromatic carbocycles. The molecule has 5 nitrogen and oxygen atoms in total. The second-order valence-corrected chi connectivity index (χ2v) is 6.08. The molecule has 25 heavy (non-hydrogen) atoms. The molecule has 0 N–H and O–H groups in total. The summed E-state index contributed by atoms with van der Waals surface area (Å²) in [5.41, 5.74) is 1.45. The summed E-state index contributed by atoms with van der Waals surface area (Å²) in [6.07, 6.45) is 1.91. The summed E-state index contributed by atoms with van der Waals surface area (Å²) in [7, 11) is 0. The zero-order valence-corrected chi connectivity index (χ0v) is 14.2. The molecule has 0 unspecified atom stereocenters. The van der Waals surface area contributed by atoms with Crippen LogP contribution < -0.4 is 0 Å². The number of ketones is 1. The van der Waals surface area contributed by atoms with Gasteiger partial charge in [0.2, 0.25) is 5.95 Å². The lowest BCUT2D eigenvalue weighted by molar-refractivity contribution is -0.113. The lowest BCUT2D eigenvalue weighted by Crippen LogP contribution is -2.17. The molecule has 1 aliphatic rings. The van der Waals surface area contributed by atoms with E-state index >= 15 is 0 Å². The highest BCUT2D eigenvalue weighted by Crippen LogP contribution is 2.29. The van der Waals surface area contributed by atoms with E-state index < -0.39 is 11.9 Å². The third kappa shape index (κ3) is 3.52. The normalized spacial score (nSPS) is 15.3. The van der Waals surface area contributed by atoms with Crippen molar-refractivity contribution in [3.05, 3.63) is 64.9 Å². The monoisotopic (exact) mass is 342 g/mol. The molecule has 1 heterocycles. The zero-order chi connectivity index (χ0) is 18.0. The van der Waals surface area contributed by atoms with E-state index in [2.05, 4.69) is 5.10 Å². The number of benzene rings is 1. The van der Waals surface area contributed by atoms with Gasteiger partial charge in [0.1, 0.15) is 5.76 Å². The molecule has 1 aromatic heterocycles. The summed E-state index contributed by atoms with van der Waals surface area (Å²) in [6, 6.07) is 10.1. The van der Waals surface area contributed by atoms with Crippen molar-refractivity contribution in [1.82, 2.24) is 9.78 Å². The van der Waals surface area contributed by atoms with Crippen LogP contribution in [0.15, 0.2) is 47.7 Å². The van der Waals surface area contributed by atoms with Crippen LogP contribution in [0.3, 0.4) is 0 Å².